The van der Waals surface area contributed by atoms with Crippen molar-refractivity contribution in [3.05, 3.63) is 53.8 Å². The highest BCUT2D eigenvalue weighted by Gasteiger charge is 2.24. The van der Waals surface area contributed by atoms with E-state index in [-0.39, 0.29) is 29.7 Å². The summed E-state index contributed by atoms with van der Waals surface area (Å²) in [5.41, 5.74) is 0.143. The summed E-state index contributed by atoms with van der Waals surface area (Å²) in [6.07, 6.45) is 4.67. The number of carbonyl (C=O) groups excluding carboxylic acids is 1. The largest absolute Gasteiger partial charge is 0.490 e. The van der Waals surface area contributed by atoms with Gasteiger partial charge in [-0.05, 0) is 68.1 Å². The summed E-state index contributed by atoms with van der Waals surface area (Å²) >= 11 is 0. The molecule has 0 aromatic heterocycles. The van der Waals surface area contributed by atoms with Gasteiger partial charge < -0.3 is 10.1 Å². The molecule has 1 amide bonds. The minimum atomic E-state index is -3.79. The smallest absolute Gasteiger partial charge is 0.258 e. The highest BCUT2D eigenvalue weighted by atomic mass is 32.2. The lowest BCUT2D eigenvalue weighted by atomic mass is 10.2. The Morgan fingerprint density at radius 3 is 2.33 bits per heavy atom. The van der Waals surface area contributed by atoms with Crippen LogP contribution in [-0.2, 0) is 10.0 Å². The summed E-state index contributed by atoms with van der Waals surface area (Å²) in [6.45, 7) is 4.01. The first-order chi connectivity index (χ1) is 14.3. The molecule has 0 aliphatic heterocycles. The molecule has 1 fully saturated rings. The molecule has 0 saturated heterocycles. The molecule has 2 aromatic carbocycles. The minimum absolute atomic E-state index is 0.113. The number of anilines is 1. The van der Waals surface area contributed by atoms with Crippen molar-refractivity contribution in [2.45, 2.75) is 50.5 Å². The molecular formula is C22H27FN2O4S. The fraction of sp³-hybridized carbons (Fsp3) is 0.409. The summed E-state index contributed by atoms with van der Waals surface area (Å²) in [4.78, 5) is 12.5. The van der Waals surface area contributed by atoms with Gasteiger partial charge in [0.05, 0.1) is 16.6 Å². The van der Waals surface area contributed by atoms with E-state index in [2.05, 4.69) is 5.32 Å². The predicted octanol–water partition coefficient (Wildman–Crippen LogP) is 4.43. The third-order valence-corrected chi connectivity index (χ3v) is 7.29. The van der Waals surface area contributed by atoms with Gasteiger partial charge in [0.1, 0.15) is 11.6 Å². The van der Waals surface area contributed by atoms with E-state index in [1.54, 1.807) is 38.1 Å². The zero-order valence-electron chi connectivity index (χ0n) is 17.2. The molecule has 1 aliphatic rings. The Kier molecular flexibility index (Phi) is 7.10. The Hall–Kier alpha value is -2.45. The van der Waals surface area contributed by atoms with Crippen LogP contribution in [0.4, 0.5) is 10.1 Å². The summed E-state index contributed by atoms with van der Waals surface area (Å²) in [6, 6.07) is 10.1. The van der Waals surface area contributed by atoms with Gasteiger partial charge in [-0.2, -0.15) is 4.31 Å². The second kappa shape index (κ2) is 9.57. The number of benzene rings is 2. The van der Waals surface area contributed by atoms with Crippen LogP contribution in [0.3, 0.4) is 0 Å². The first-order valence-electron chi connectivity index (χ1n) is 10.2. The van der Waals surface area contributed by atoms with Gasteiger partial charge in [0.15, 0.2) is 0 Å². The van der Waals surface area contributed by atoms with Crippen molar-refractivity contribution in [2.24, 2.45) is 0 Å². The molecule has 3 rings (SSSR count). The average molecular weight is 435 g/mol. The quantitative estimate of drug-likeness (QED) is 0.667. The number of nitrogens with zero attached hydrogens (tertiary/aromatic N) is 1. The van der Waals surface area contributed by atoms with Gasteiger partial charge in [0, 0.05) is 18.8 Å². The van der Waals surface area contributed by atoms with Gasteiger partial charge in [0.25, 0.3) is 5.91 Å². The van der Waals surface area contributed by atoms with Crippen LogP contribution in [0.5, 0.6) is 5.75 Å². The minimum Gasteiger partial charge on any atom is -0.490 e. The summed E-state index contributed by atoms with van der Waals surface area (Å²) in [5.74, 6) is -0.779. The first kappa shape index (κ1) is 22.2. The molecule has 0 spiro atoms. The first-order valence-corrected chi connectivity index (χ1v) is 11.7. The van der Waals surface area contributed by atoms with Crippen molar-refractivity contribution < 1.29 is 22.3 Å². The van der Waals surface area contributed by atoms with Crippen LogP contribution in [0.1, 0.15) is 49.9 Å². The van der Waals surface area contributed by atoms with Crippen LogP contribution in [0.15, 0.2) is 47.4 Å². The molecule has 1 N–H and O–H groups in total. The molecule has 6 nitrogen and oxygen atoms in total. The number of halogens is 1. The van der Waals surface area contributed by atoms with E-state index in [9.17, 15) is 17.6 Å². The van der Waals surface area contributed by atoms with Gasteiger partial charge in [-0.1, -0.05) is 13.8 Å². The van der Waals surface area contributed by atoms with E-state index in [1.807, 2.05) is 0 Å². The van der Waals surface area contributed by atoms with Crippen LogP contribution in [0.25, 0.3) is 0 Å². The fourth-order valence-electron chi connectivity index (χ4n) is 3.57. The molecule has 162 valence electrons. The topological polar surface area (TPSA) is 75.7 Å². The number of hydrogen-bond acceptors (Lipinski definition) is 4. The number of sulfonamides is 1. The molecule has 2 aromatic rings. The highest BCUT2D eigenvalue weighted by molar-refractivity contribution is 7.89. The number of nitrogens with one attached hydrogen (secondary N) is 1. The van der Waals surface area contributed by atoms with Crippen molar-refractivity contribution in [2.75, 3.05) is 18.4 Å². The fourth-order valence-corrected chi connectivity index (χ4v) is 5.05. The van der Waals surface area contributed by atoms with Gasteiger partial charge >= 0.3 is 0 Å². The third-order valence-electron chi connectivity index (χ3n) is 5.24. The number of rotatable bonds is 8. The summed E-state index contributed by atoms with van der Waals surface area (Å²) < 4.78 is 46.8. The van der Waals surface area contributed by atoms with E-state index < -0.39 is 21.7 Å². The van der Waals surface area contributed by atoms with Crippen LogP contribution in [0, 0.1) is 5.82 Å². The normalized spacial score (nSPS) is 14.8. The van der Waals surface area contributed by atoms with Gasteiger partial charge in [-0.25, -0.2) is 12.8 Å². The molecule has 8 heteroatoms. The molecular weight excluding hydrogens is 407 g/mol. The van der Waals surface area contributed by atoms with E-state index in [1.165, 1.54) is 23.2 Å². The van der Waals surface area contributed by atoms with E-state index in [0.29, 0.717) is 5.69 Å². The molecule has 0 radical (unpaired) electrons. The van der Waals surface area contributed by atoms with E-state index in [0.717, 1.165) is 30.7 Å². The van der Waals surface area contributed by atoms with Crippen LogP contribution in [-0.4, -0.2) is 37.8 Å². The number of hydrogen-bond donors (Lipinski definition) is 1. The molecule has 1 saturated carbocycles. The zero-order chi connectivity index (χ0) is 21.7. The molecule has 0 unspecified atom stereocenters. The summed E-state index contributed by atoms with van der Waals surface area (Å²) in [7, 11) is -3.79. The lowest BCUT2D eigenvalue weighted by Gasteiger charge is -2.19. The van der Waals surface area contributed by atoms with E-state index >= 15 is 0 Å². The number of amides is 1. The third kappa shape index (κ3) is 4.99. The van der Waals surface area contributed by atoms with Crippen molar-refractivity contribution in [3.63, 3.8) is 0 Å². The van der Waals surface area contributed by atoms with Crippen molar-refractivity contribution in [1.29, 1.82) is 0 Å². The van der Waals surface area contributed by atoms with E-state index in [4.69, 9.17) is 4.74 Å². The molecule has 0 heterocycles. The van der Waals surface area contributed by atoms with Gasteiger partial charge in [-0.15, -0.1) is 0 Å². The Balaban J connectivity index is 1.75. The lowest BCUT2D eigenvalue weighted by Crippen LogP contribution is -2.31. The maximum absolute atomic E-state index is 14.3. The lowest BCUT2D eigenvalue weighted by molar-refractivity contribution is 0.102. The van der Waals surface area contributed by atoms with Crippen molar-refractivity contribution >= 4 is 21.6 Å². The number of ether oxygens (including phenoxy) is 1. The van der Waals surface area contributed by atoms with Crippen LogP contribution < -0.4 is 10.1 Å². The van der Waals surface area contributed by atoms with Crippen LogP contribution in [0.2, 0.25) is 0 Å². The maximum atomic E-state index is 14.3. The molecule has 0 bridgehead atoms. The Labute approximate surface area is 177 Å². The monoisotopic (exact) mass is 434 g/mol. The summed E-state index contributed by atoms with van der Waals surface area (Å²) in [5, 5.41) is 2.61. The molecule has 30 heavy (non-hydrogen) atoms. The average Bonchev–Trinajstić information content (AvgIpc) is 3.23. The second-order valence-electron chi connectivity index (χ2n) is 7.23. The van der Waals surface area contributed by atoms with Crippen molar-refractivity contribution in [3.8, 4) is 5.75 Å². The predicted molar refractivity (Wildman–Crippen MR) is 114 cm³/mol. The van der Waals surface area contributed by atoms with Gasteiger partial charge in [-0.3, -0.25) is 4.79 Å². The Bertz CT molecular complexity index is 983. The zero-order valence-corrected chi connectivity index (χ0v) is 18.0. The highest BCUT2D eigenvalue weighted by Crippen LogP contribution is 2.25. The number of carbonyl (C=O) groups is 1. The SMILES string of the molecule is CCN(CC)S(=O)(=O)c1ccc(F)c(C(=O)Nc2ccc(OC3CCCC3)cc2)c1. The van der Waals surface area contributed by atoms with Crippen molar-refractivity contribution in [1.82, 2.24) is 4.31 Å². The van der Waals surface area contributed by atoms with Crippen LogP contribution >= 0.6 is 0 Å². The Morgan fingerprint density at radius 2 is 1.73 bits per heavy atom. The maximum Gasteiger partial charge on any atom is 0.258 e. The molecule has 1 aliphatic carbocycles. The van der Waals surface area contributed by atoms with Gasteiger partial charge in [0.2, 0.25) is 10.0 Å². The Morgan fingerprint density at radius 1 is 1.10 bits per heavy atom. The standard InChI is InChI=1S/C22H27FN2O4S/c1-3-25(4-2)30(27,28)19-13-14-21(23)20(15-19)22(26)24-16-9-11-18(12-10-16)29-17-7-5-6-8-17/h9-15,17H,3-8H2,1-2H3,(H,24,26). The second-order valence-corrected chi connectivity index (χ2v) is 9.17. The molecule has 0 atom stereocenters.